The number of rotatable bonds is 9. The minimum atomic E-state index is -0.898. The van der Waals surface area contributed by atoms with Gasteiger partial charge >= 0.3 is 0 Å². The third-order valence-corrected chi connectivity index (χ3v) is 6.42. The number of ether oxygens (including phenoxy) is 2. The molecule has 0 bridgehead atoms. The van der Waals surface area contributed by atoms with Crippen molar-refractivity contribution >= 4 is 17.5 Å². The van der Waals surface area contributed by atoms with E-state index in [1.54, 1.807) is 55.8 Å². The maximum Gasteiger partial charge on any atom is 0.277 e. The first-order valence-corrected chi connectivity index (χ1v) is 12.5. The number of hydrogen-bond acceptors (Lipinski definition) is 5. The molecule has 1 aromatic heterocycles. The first kappa shape index (κ1) is 25.2. The van der Waals surface area contributed by atoms with Gasteiger partial charge in [0.15, 0.2) is 0 Å². The van der Waals surface area contributed by atoms with E-state index in [0.29, 0.717) is 29.4 Å². The average Bonchev–Trinajstić information content (AvgIpc) is 2.93. The summed E-state index contributed by atoms with van der Waals surface area (Å²) in [6.45, 7) is 2.45. The molecule has 0 saturated heterocycles. The molecule has 2 amide bonds. The van der Waals surface area contributed by atoms with E-state index in [0.717, 1.165) is 25.7 Å². The van der Waals surface area contributed by atoms with E-state index in [-0.39, 0.29) is 23.6 Å². The van der Waals surface area contributed by atoms with E-state index in [1.807, 2.05) is 31.2 Å². The molecule has 188 valence electrons. The number of carbonyl (C=O) groups excluding carboxylic acids is 2. The SMILES string of the molecule is CCOc1ccc(N(C(=O)c2ccccn2)[C@H](C(=O)NC2CCCCC2)c2ccc(OC)cc2)cc1. The quantitative estimate of drug-likeness (QED) is 0.442. The number of nitrogens with zero attached hydrogens (tertiary/aromatic N) is 2. The largest absolute Gasteiger partial charge is 0.497 e. The van der Waals surface area contributed by atoms with Gasteiger partial charge in [0, 0.05) is 17.9 Å². The third-order valence-electron chi connectivity index (χ3n) is 6.42. The van der Waals surface area contributed by atoms with Gasteiger partial charge in [-0.15, -0.1) is 0 Å². The molecule has 36 heavy (non-hydrogen) atoms. The zero-order chi connectivity index (χ0) is 25.3. The summed E-state index contributed by atoms with van der Waals surface area (Å²) in [5, 5.41) is 3.23. The van der Waals surface area contributed by atoms with Crippen LogP contribution in [0.2, 0.25) is 0 Å². The van der Waals surface area contributed by atoms with Crippen LogP contribution < -0.4 is 19.7 Å². The van der Waals surface area contributed by atoms with Crippen molar-refractivity contribution in [2.24, 2.45) is 0 Å². The van der Waals surface area contributed by atoms with Crippen LogP contribution in [0.15, 0.2) is 72.9 Å². The molecule has 1 heterocycles. The summed E-state index contributed by atoms with van der Waals surface area (Å²) in [5.41, 5.74) is 1.52. The van der Waals surface area contributed by atoms with E-state index in [4.69, 9.17) is 9.47 Å². The van der Waals surface area contributed by atoms with E-state index < -0.39 is 6.04 Å². The first-order chi connectivity index (χ1) is 17.6. The van der Waals surface area contributed by atoms with Gasteiger partial charge in [-0.1, -0.05) is 37.5 Å². The molecule has 1 N–H and O–H groups in total. The fourth-order valence-electron chi connectivity index (χ4n) is 4.60. The van der Waals surface area contributed by atoms with Crippen molar-refractivity contribution in [1.82, 2.24) is 10.3 Å². The number of methoxy groups -OCH3 is 1. The number of benzene rings is 2. The number of aromatic nitrogens is 1. The van der Waals surface area contributed by atoms with Crippen molar-refractivity contribution in [2.45, 2.75) is 51.1 Å². The van der Waals surface area contributed by atoms with Crippen LogP contribution in [-0.4, -0.2) is 36.6 Å². The van der Waals surface area contributed by atoms with Crippen molar-refractivity contribution in [3.63, 3.8) is 0 Å². The summed E-state index contributed by atoms with van der Waals surface area (Å²) in [6, 6.07) is 18.9. The number of carbonyl (C=O) groups is 2. The molecule has 1 atom stereocenters. The van der Waals surface area contributed by atoms with Crippen LogP contribution in [-0.2, 0) is 4.79 Å². The van der Waals surface area contributed by atoms with Gasteiger partial charge in [0.05, 0.1) is 13.7 Å². The van der Waals surface area contributed by atoms with Crippen molar-refractivity contribution < 1.29 is 19.1 Å². The van der Waals surface area contributed by atoms with Crippen molar-refractivity contribution in [1.29, 1.82) is 0 Å². The molecule has 0 aliphatic heterocycles. The molecule has 1 fully saturated rings. The van der Waals surface area contributed by atoms with Crippen LogP contribution >= 0.6 is 0 Å². The van der Waals surface area contributed by atoms with E-state index in [2.05, 4.69) is 10.3 Å². The molecule has 0 radical (unpaired) electrons. The topological polar surface area (TPSA) is 80.8 Å². The fourth-order valence-corrected chi connectivity index (χ4v) is 4.60. The second kappa shape index (κ2) is 12.2. The molecule has 1 saturated carbocycles. The Morgan fingerprint density at radius 3 is 2.28 bits per heavy atom. The smallest absolute Gasteiger partial charge is 0.277 e. The Kier molecular flexibility index (Phi) is 8.55. The highest BCUT2D eigenvalue weighted by molar-refractivity contribution is 6.09. The molecule has 0 spiro atoms. The minimum Gasteiger partial charge on any atom is -0.497 e. The lowest BCUT2D eigenvalue weighted by atomic mass is 9.94. The standard InChI is InChI=1S/C29H33N3O4/c1-3-36-25-18-14-23(15-19-25)32(29(34)26-11-7-8-20-30-26)27(21-12-16-24(35-2)17-13-21)28(33)31-22-9-5-4-6-10-22/h7-8,11-20,22,27H,3-6,9-10H2,1-2H3,(H,31,33)/t27-/m0/s1. The fraction of sp³-hybridized carbons (Fsp3) is 0.345. The highest BCUT2D eigenvalue weighted by Crippen LogP contribution is 2.32. The highest BCUT2D eigenvalue weighted by atomic mass is 16.5. The summed E-state index contributed by atoms with van der Waals surface area (Å²) >= 11 is 0. The molecule has 3 aromatic rings. The molecule has 4 rings (SSSR count). The Bertz CT molecular complexity index is 1130. The van der Waals surface area contributed by atoms with Crippen molar-refractivity contribution in [3.8, 4) is 11.5 Å². The molecule has 7 heteroatoms. The van der Waals surface area contributed by atoms with Gasteiger partial charge in [0.1, 0.15) is 23.2 Å². The Balaban J connectivity index is 1.78. The van der Waals surface area contributed by atoms with E-state index in [1.165, 1.54) is 11.3 Å². The van der Waals surface area contributed by atoms with Gasteiger partial charge in [-0.3, -0.25) is 19.5 Å². The molecule has 1 aliphatic carbocycles. The lowest BCUT2D eigenvalue weighted by Gasteiger charge is -2.33. The monoisotopic (exact) mass is 487 g/mol. The molecule has 7 nitrogen and oxygen atoms in total. The van der Waals surface area contributed by atoms with Crippen molar-refractivity contribution in [3.05, 3.63) is 84.2 Å². The predicted molar refractivity (Wildman–Crippen MR) is 139 cm³/mol. The van der Waals surface area contributed by atoms with E-state index >= 15 is 0 Å². The number of hydrogen-bond donors (Lipinski definition) is 1. The summed E-state index contributed by atoms with van der Waals surface area (Å²) in [4.78, 5) is 33.6. The van der Waals surface area contributed by atoms with Crippen LogP contribution in [0.25, 0.3) is 0 Å². The third kappa shape index (κ3) is 6.03. The van der Waals surface area contributed by atoms with Gasteiger partial charge in [-0.2, -0.15) is 0 Å². The number of pyridine rings is 1. The molecule has 0 unspecified atom stereocenters. The van der Waals surface area contributed by atoms with Gasteiger partial charge in [-0.05, 0) is 73.9 Å². The predicted octanol–water partition coefficient (Wildman–Crippen LogP) is 5.33. The summed E-state index contributed by atoms with van der Waals surface area (Å²) in [7, 11) is 1.60. The molecular formula is C29H33N3O4. The average molecular weight is 488 g/mol. The number of nitrogens with one attached hydrogen (secondary N) is 1. The Morgan fingerprint density at radius 1 is 0.972 bits per heavy atom. The van der Waals surface area contributed by atoms with Crippen LogP contribution in [0, 0.1) is 0 Å². The first-order valence-electron chi connectivity index (χ1n) is 12.5. The maximum atomic E-state index is 13.9. The zero-order valence-corrected chi connectivity index (χ0v) is 20.9. The number of amides is 2. The number of anilines is 1. The Labute approximate surface area is 212 Å². The van der Waals surface area contributed by atoms with Gasteiger partial charge in [0.2, 0.25) is 5.91 Å². The van der Waals surface area contributed by atoms with Crippen LogP contribution in [0.1, 0.15) is 61.1 Å². The lowest BCUT2D eigenvalue weighted by Crippen LogP contribution is -2.47. The molecular weight excluding hydrogens is 454 g/mol. The summed E-state index contributed by atoms with van der Waals surface area (Å²) < 4.78 is 10.9. The Hall–Kier alpha value is -3.87. The second-order valence-electron chi connectivity index (χ2n) is 8.84. The van der Waals surface area contributed by atoms with Gasteiger partial charge in [0.25, 0.3) is 5.91 Å². The van der Waals surface area contributed by atoms with E-state index in [9.17, 15) is 9.59 Å². The highest BCUT2D eigenvalue weighted by Gasteiger charge is 2.35. The van der Waals surface area contributed by atoms with Gasteiger partial charge < -0.3 is 14.8 Å². The van der Waals surface area contributed by atoms with Crippen molar-refractivity contribution in [2.75, 3.05) is 18.6 Å². The summed E-state index contributed by atoms with van der Waals surface area (Å²) in [5.74, 6) is 0.789. The molecule has 2 aromatic carbocycles. The van der Waals surface area contributed by atoms with Gasteiger partial charge in [-0.25, -0.2) is 0 Å². The lowest BCUT2D eigenvalue weighted by molar-refractivity contribution is -0.123. The summed E-state index contributed by atoms with van der Waals surface area (Å²) in [6.07, 6.45) is 6.83. The maximum absolute atomic E-state index is 13.9. The Morgan fingerprint density at radius 2 is 1.67 bits per heavy atom. The zero-order valence-electron chi connectivity index (χ0n) is 20.9. The normalized spacial score (nSPS) is 14.5. The molecule has 1 aliphatic rings. The van der Waals surface area contributed by atoms with Crippen LogP contribution in [0.4, 0.5) is 5.69 Å². The van der Waals surface area contributed by atoms with Crippen LogP contribution in [0.3, 0.4) is 0 Å². The minimum absolute atomic E-state index is 0.0964. The second-order valence-corrected chi connectivity index (χ2v) is 8.84. The van der Waals surface area contributed by atoms with Crippen LogP contribution in [0.5, 0.6) is 11.5 Å².